The van der Waals surface area contributed by atoms with E-state index in [2.05, 4.69) is 153 Å². The van der Waals surface area contributed by atoms with Crippen LogP contribution in [0.15, 0.2) is 146 Å². The molecule has 0 aliphatic heterocycles. The van der Waals surface area contributed by atoms with Crippen molar-refractivity contribution in [1.29, 1.82) is 0 Å². The number of allylic oxidation sites excluding steroid dienone is 23. The van der Waals surface area contributed by atoms with Gasteiger partial charge in [-0.25, -0.2) is 0 Å². The minimum atomic E-state index is -4.63. The highest BCUT2D eigenvalue weighted by molar-refractivity contribution is 7.45. The fourth-order valence-electron chi connectivity index (χ4n) is 9.77. The molecule has 0 saturated carbocycles. The van der Waals surface area contributed by atoms with Crippen LogP contribution in [0.5, 0.6) is 0 Å². The summed E-state index contributed by atoms with van der Waals surface area (Å²) in [6.45, 7) is 4.51. The van der Waals surface area contributed by atoms with Gasteiger partial charge in [-0.3, -0.25) is 9.36 Å². The van der Waals surface area contributed by atoms with Gasteiger partial charge in [0.15, 0.2) is 0 Å². The molecule has 498 valence electrons. The summed E-state index contributed by atoms with van der Waals surface area (Å²) in [6.07, 6.45) is 103. The van der Waals surface area contributed by atoms with E-state index in [1.54, 1.807) is 6.08 Å². The van der Waals surface area contributed by atoms with Crippen LogP contribution in [-0.4, -0.2) is 68.5 Å². The van der Waals surface area contributed by atoms with Gasteiger partial charge in [0.2, 0.25) is 5.91 Å². The number of unbranched alkanes of at least 4 members (excludes halogenated alkanes) is 29. The summed E-state index contributed by atoms with van der Waals surface area (Å²) in [5.74, 6) is -0.222. The summed E-state index contributed by atoms with van der Waals surface area (Å²) in [7, 11) is 1.22. The molecule has 0 heterocycles. The minimum Gasteiger partial charge on any atom is -0.756 e. The molecule has 0 aromatic carbocycles. The van der Waals surface area contributed by atoms with Gasteiger partial charge in [-0.05, 0) is 116 Å². The maximum Gasteiger partial charge on any atom is 0.268 e. The average Bonchev–Trinajstić information content (AvgIpc) is 3.70. The zero-order valence-electron chi connectivity index (χ0n) is 56.9. The molecular formula is C78H135N2O6P. The number of hydrogen-bond acceptors (Lipinski definition) is 6. The largest absolute Gasteiger partial charge is 0.756 e. The lowest BCUT2D eigenvalue weighted by atomic mass is 10.0. The molecule has 3 atom stereocenters. The van der Waals surface area contributed by atoms with Crippen molar-refractivity contribution >= 4 is 13.7 Å². The number of phosphoric acid groups is 1. The van der Waals surface area contributed by atoms with Crippen LogP contribution in [0.25, 0.3) is 0 Å². The Hall–Kier alpha value is -3.62. The molecule has 1 amide bonds. The second kappa shape index (κ2) is 66.8. The molecule has 0 saturated heterocycles. The van der Waals surface area contributed by atoms with Crippen molar-refractivity contribution < 1.29 is 32.9 Å². The van der Waals surface area contributed by atoms with Crippen molar-refractivity contribution in [3.8, 4) is 0 Å². The first-order valence-electron chi connectivity index (χ1n) is 35.7. The minimum absolute atomic E-state index is 0.0173. The molecule has 87 heavy (non-hydrogen) atoms. The number of aliphatic hydroxyl groups excluding tert-OH is 1. The van der Waals surface area contributed by atoms with Gasteiger partial charge in [0.05, 0.1) is 39.9 Å². The molecule has 0 aliphatic rings. The highest BCUT2D eigenvalue weighted by Gasteiger charge is 2.23. The predicted octanol–water partition coefficient (Wildman–Crippen LogP) is 22.5. The summed E-state index contributed by atoms with van der Waals surface area (Å²) in [6, 6.07) is -0.926. The maximum atomic E-state index is 13.0. The van der Waals surface area contributed by atoms with Gasteiger partial charge in [0, 0.05) is 6.42 Å². The summed E-state index contributed by atoms with van der Waals surface area (Å²) >= 11 is 0. The van der Waals surface area contributed by atoms with Crippen LogP contribution in [0.3, 0.4) is 0 Å². The van der Waals surface area contributed by atoms with Crippen LogP contribution in [0, 0.1) is 0 Å². The zero-order chi connectivity index (χ0) is 63.4. The highest BCUT2D eigenvalue weighted by atomic mass is 31.2. The van der Waals surface area contributed by atoms with Crippen LogP contribution in [-0.2, 0) is 18.4 Å². The molecule has 2 N–H and O–H groups in total. The lowest BCUT2D eigenvalue weighted by Gasteiger charge is -2.29. The number of quaternary nitrogens is 1. The Kier molecular flexibility index (Phi) is 64.0. The fraction of sp³-hybridized carbons (Fsp3) is 0.679. The third-order valence-electron chi connectivity index (χ3n) is 15.3. The van der Waals surface area contributed by atoms with Gasteiger partial charge < -0.3 is 28.8 Å². The van der Waals surface area contributed by atoms with E-state index in [9.17, 15) is 19.4 Å². The fourth-order valence-corrected chi connectivity index (χ4v) is 10.5. The predicted molar refractivity (Wildman–Crippen MR) is 380 cm³/mol. The van der Waals surface area contributed by atoms with E-state index in [1.165, 1.54) is 154 Å². The first kappa shape index (κ1) is 83.4. The second-order valence-electron chi connectivity index (χ2n) is 24.8. The molecule has 0 aromatic rings. The Morgan fingerprint density at radius 2 is 0.713 bits per heavy atom. The first-order valence-corrected chi connectivity index (χ1v) is 37.2. The van der Waals surface area contributed by atoms with E-state index >= 15 is 0 Å². The Bertz CT molecular complexity index is 1930. The Morgan fingerprint density at radius 1 is 0.414 bits per heavy atom. The first-order chi connectivity index (χ1) is 42.5. The molecule has 0 aliphatic carbocycles. The van der Waals surface area contributed by atoms with E-state index in [0.717, 1.165) is 116 Å². The Balaban J connectivity index is 4.20. The summed E-state index contributed by atoms with van der Waals surface area (Å²) < 4.78 is 23.4. The van der Waals surface area contributed by atoms with Gasteiger partial charge in [0.25, 0.3) is 7.82 Å². The van der Waals surface area contributed by atoms with Gasteiger partial charge in [0.1, 0.15) is 13.2 Å². The number of hydrogen-bond donors (Lipinski definition) is 2. The van der Waals surface area contributed by atoms with Crippen LogP contribution in [0.1, 0.15) is 290 Å². The van der Waals surface area contributed by atoms with Gasteiger partial charge in [-0.1, -0.05) is 314 Å². The van der Waals surface area contributed by atoms with E-state index in [1.807, 2.05) is 27.2 Å². The van der Waals surface area contributed by atoms with Crippen molar-refractivity contribution in [3.05, 3.63) is 146 Å². The van der Waals surface area contributed by atoms with Gasteiger partial charge >= 0.3 is 0 Å². The molecule has 0 radical (unpaired) electrons. The lowest BCUT2D eigenvalue weighted by Crippen LogP contribution is -2.45. The molecule has 0 spiro atoms. The van der Waals surface area contributed by atoms with E-state index < -0.39 is 26.6 Å². The third kappa shape index (κ3) is 69.7. The van der Waals surface area contributed by atoms with Crippen molar-refractivity contribution in [3.63, 3.8) is 0 Å². The summed E-state index contributed by atoms with van der Waals surface area (Å²) in [5.41, 5.74) is 0. The number of nitrogens with one attached hydrogen (secondary N) is 1. The van der Waals surface area contributed by atoms with Gasteiger partial charge in [-0.15, -0.1) is 0 Å². The SMILES string of the molecule is CC/C=C\C/C=C\C/C=C\C/C=C\C/C=C\C/C=C\C/C=C\C/C=C\C/C=C\CCCCCCCCCCCC(=O)NC(COP(=O)([O-])OCC[N+](C)(C)C)C(O)/C=C/CC/C=C/CC/C=C/CCCCCCCCCCCCCCCCCCCC. The normalized spacial score (nSPS) is 14.5. The molecule has 9 heteroatoms. The molecule has 0 fully saturated rings. The second-order valence-corrected chi connectivity index (χ2v) is 26.2. The molecule has 3 unspecified atom stereocenters. The van der Waals surface area contributed by atoms with Gasteiger partial charge in [-0.2, -0.15) is 0 Å². The Labute approximate surface area is 538 Å². The highest BCUT2D eigenvalue weighted by Crippen LogP contribution is 2.38. The monoisotopic (exact) mass is 1230 g/mol. The number of amides is 1. The van der Waals surface area contributed by atoms with Crippen molar-refractivity contribution in [2.24, 2.45) is 0 Å². The van der Waals surface area contributed by atoms with Crippen molar-refractivity contribution in [2.75, 3.05) is 40.9 Å². The van der Waals surface area contributed by atoms with Crippen LogP contribution in [0.2, 0.25) is 0 Å². The number of likely N-dealkylation sites (N-methyl/N-ethyl adjacent to an activating group) is 1. The average molecular weight is 1230 g/mol. The summed E-state index contributed by atoms with van der Waals surface area (Å²) in [4.78, 5) is 25.6. The molecule has 0 aromatic heterocycles. The quantitative estimate of drug-likeness (QED) is 0.0272. The number of nitrogens with zero attached hydrogens (tertiary/aromatic N) is 1. The topological polar surface area (TPSA) is 108 Å². The van der Waals surface area contributed by atoms with Crippen LogP contribution >= 0.6 is 7.82 Å². The van der Waals surface area contributed by atoms with E-state index in [0.29, 0.717) is 17.4 Å². The molecule has 8 nitrogen and oxygen atoms in total. The van der Waals surface area contributed by atoms with Crippen molar-refractivity contribution in [2.45, 2.75) is 302 Å². The third-order valence-corrected chi connectivity index (χ3v) is 16.2. The summed E-state index contributed by atoms with van der Waals surface area (Å²) in [5, 5.41) is 13.9. The maximum absolute atomic E-state index is 13.0. The molecule has 0 rings (SSSR count). The Morgan fingerprint density at radius 3 is 1.07 bits per heavy atom. The van der Waals surface area contributed by atoms with Crippen molar-refractivity contribution in [1.82, 2.24) is 5.32 Å². The molecular weight excluding hydrogens is 1090 g/mol. The molecule has 0 bridgehead atoms. The number of carbonyl (C=O) groups is 1. The van der Waals surface area contributed by atoms with E-state index in [-0.39, 0.29) is 12.5 Å². The lowest BCUT2D eigenvalue weighted by molar-refractivity contribution is -0.870. The van der Waals surface area contributed by atoms with E-state index in [4.69, 9.17) is 9.05 Å². The van der Waals surface area contributed by atoms with Crippen LogP contribution in [0.4, 0.5) is 0 Å². The standard InChI is InChI=1S/C78H135N2O6P/c1-6-8-10-12-14-16-18-20-22-24-26-28-30-32-34-36-37-38-39-40-41-42-43-44-46-48-50-52-54-56-58-60-62-64-66-68-70-72-78(82)79-76(75-86-87(83,84)85-74-73-80(3,4)5)77(81)71-69-67-65-63-61-59-57-55-53-51-49-47-45-35-33-31-29-27-25-23-21-19-17-15-13-11-9-7-2/h8,10,14,16,20,22,26,28,32,34,37-38,40-41,43-44,48,50,53,55,61,63,69,71,76-77,81H,6-7,9,11-13,15,17-19,21,23-25,27,29-31,33,35-36,39,42,45-47,49,51-52,54,56-60,62,64-68,70,72-75H2,1-5H3,(H-,79,82,83,84)/b10-8-,16-14-,22-20-,28-26-,34-32-,38-37-,41-40-,44-43-,50-48-,55-53+,63-61+,71-69+. The smallest absolute Gasteiger partial charge is 0.268 e. The van der Waals surface area contributed by atoms with Crippen LogP contribution < -0.4 is 10.2 Å². The number of aliphatic hydroxyl groups is 1. The number of carbonyl (C=O) groups excluding carboxylic acids is 1. The zero-order valence-corrected chi connectivity index (χ0v) is 57.8. The number of phosphoric ester groups is 1. The number of rotatable bonds is 64.